The van der Waals surface area contributed by atoms with E-state index in [1.807, 2.05) is 6.92 Å². The summed E-state index contributed by atoms with van der Waals surface area (Å²) in [5.41, 5.74) is -0.746. The summed E-state index contributed by atoms with van der Waals surface area (Å²) in [6.07, 6.45) is 5.27. The topological polar surface area (TPSA) is 78.4 Å². The van der Waals surface area contributed by atoms with E-state index in [0.29, 0.717) is 18.9 Å². The number of hydrogen-bond acceptors (Lipinski definition) is 3. The highest BCUT2D eigenvalue weighted by atomic mass is 16.4. The van der Waals surface area contributed by atoms with Crippen LogP contribution in [0.15, 0.2) is 0 Å². The van der Waals surface area contributed by atoms with E-state index in [1.165, 1.54) is 0 Å². The van der Waals surface area contributed by atoms with Crippen molar-refractivity contribution in [2.24, 2.45) is 5.41 Å². The lowest BCUT2D eigenvalue weighted by atomic mass is 9.74. The molecule has 0 spiro atoms. The number of amides is 1. The Hall–Kier alpha value is -1.10. The first-order valence-electron chi connectivity index (χ1n) is 7.23. The highest BCUT2D eigenvalue weighted by molar-refractivity contribution is 5.80. The fraction of sp³-hybridized carbons (Fsp3) is 0.857. The van der Waals surface area contributed by atoms with Crippen LogP contribution in [0.5, 0.6) is 0 Å². The van der Waals surface area contributed by atoms with Crippen molar-refractivity contribution in [1.29, 1.82) is 0 Å². The van der Waals surface area contributed by atoms with Gasteiger partial charge < -0.3 is 15.7 Å². The molecule has 0 saturated heterocycles. The zero-order chi connectivity index (χ0) is 14.3. The third-order valence-electron chi connectivity index (χ3n) is 4.11. The molecule has 0 aromatic heterocycles. The van der Waals surface area contributed by atoms with Crippen LogP contribution in [0.4, 0.5) is 0 Å². The molecule has 1 amide bonds. The molecule has 1 atom stereocenters. The van der Waals surface area contributed by atoms with Crippen molar-refractivity contribution >= 4 is 11.9 Å². The van der Waals surface area contributed by atoms with E-state index in [-0.39, 0.29) is 19.0 Å². The molecule has 3 N–H and O–H groups in total. The number of hydrogen-bond donors (Lipinski definition) is 3. The molecular weight excluding hydrogens is 244 g/mol. The first-order valence-corrected chi connectivity index (χ1v) is 7.23. The summed E-state index contributed by atoms with van der Waals surface area (Å²) < 4.78 is 0. The number of carboxylic acids is 1. The highest BCUT2D eigenvalue weighted by Crippen LogP contribution is 2.35. The van der Waals surface area contributed by atoms with Crippen molar-refractivity contribution in [3.05, 3.63) is 0 Å². The Labute approximate surface area is 115 Å². The van der Waals surface area contributed by atoms with E-state index in [1.54, 1.807) is 0 Å². The van der Waals surface area contributed by atoms with Gasteiger partial charge in [-0.2, -0.15) is 0 Å². The lowest BCUT2D eigenvalue weighted by molar-refractivity contribution is -0.151. The zero-order valence-corrected chi connectivity index (χ0v) is 12.0. The highest BCUT2D eigenvalue weighted by Gasteiger charge is 2.39. The molecule has 5 nitrogen and oxygen atoms in total. The summed E-state index contributed by atoms with van der Waals surface area (Å²) in [7, 11) is 0. The van der Waals surface area contributed by atoms with Crippen LogP contribution in [0.25, 0.3) is 0 Å². The van der Waals surface area contributed by atoms with Crippen LogP contribution in [0, 0.1) is 5.41 Å². The lowest BCUT2D eigenvalue weighted by Gasteiger charge is -2.33. The van der Waals surface area contributed by atoms with Crippen molar-refractivity contribution in [2.45, 2.75) is 58.4 Å². The Balaban J connectivity index is 2.39. The second-order valence-electron chi connectivity index (χ2n) is 5.61. The summed E-state index contributed by atoms with van der Waals surface area (Å²) >= 11 is 0. The van der Waals surface area contributed by atoms with Crippen LogP contribution in [0.2, 0.25) is 0 Å². The molecule has 1 fully saturated rings. The lowest BCUT2D eigenvalue weighted by Crippen LogP contribution is -2.47. The van der Waals surface area contributed by atoms with Crippen molar-refractivity contribution < 1.29 is 14.7 Å². The van der Waals surface area contributed by atoms with Crippen molar-refractivity contribution in [2.75, 3.05) is 13.1 Å². The number of carbonyl (C=O) groups is 2. The molecule has 1 unspecified atom stereocenters. The van der Waals surface area contributed by atoms with Crippen LogP contribution in [0.3, 0.4) is 0 Å². The van der Waals surface area contributed by atoms with Crippen LogP contribution in [-0.4, -0.2) is 36.1 Å². The standard InChI is InChI=1S/C14H26N2O3/c1-3-11(2)15-9-12(17)16-10-14(13(18)19)7-5-4-6-8-14/h11,15H,3-10H2,1-2H3,(H,16,17)(H,18,19). The number of nitrogens with one attached hydrogen (secondary N) is 2. The van der Waals surface area contributed by atoms with E-state index in [4.69, 9.17) is 0 Å². The quantitative estimate of drug-likeness (QED) is 0.655. The van der Waals surface area contributed by atoms with Crippen molar-refractivity contribution in [1.82, 2.24) is 10.6 Å². The van der Waals surface area contributed by atoms with Gasteiger partial charge in [-0.15, -0.1) is 0 Å². The monoisotopic (exact) mass is 270 g/mol. The van der Waals surface area contributed by atoms with Gasteiger partial charge in [-0.1, -0.05) is 26.2 Å². The Bertz CT molecular complexity index is 312. The van der Waals surface area contributed by atoms with Gasteiger partial charge in [0.05, 0.1) is 12.0 Å². The molecule has 0 bridgehead atoms. The molecule has 0 aliphatic heterocycles. The van der Waals surface area contributed by atoms with Crippen molar-refractivity contribution in [3.63, 3.8) is 0 Å². The first-order chi connectivity index (χ1) is 9.00. The molecule has 0 radical (unpaired) electrons. The van der Waals surface area contributed by atoms with Gasteiger partial charge in [0.1, 0.15) is 0 Å². The van der Waals surface area contributed by atoms with E-state index in [2.05, 4.69) is 17.6 Å². The van der Waals surface area contributed by atoms with Crippen LogP contribution in [0.1, 0.15) is 52.4 Å². The Morgan fingerprint density at radius 2 is 1.89 bits per heavy atom. The van der Waals surface area contributed by atoms with Crippen LogP contribution >= 0.6 is 0 Å². The zero-order valence-electron chi connectivity index (χ0n) is 12.0. The van der Waals surface area contributed by atoms with Crippen molar-refractivity contribution in [3.8, 4) is 0 Å². The average molecular weight is 270 g/mol. The second-order valence-corrected chi connectivity index (χ2v) is 5.61. The minimum Gasteiger partial charge on any atom is -0.481 e. The average Bonchev–Trinajstić information content (AvgIpc) is 2.43. The summed E-state index contributed by atoms with van der Waals surface area (Å²) in [4.78, 5) is 23.1. The molecule has 1 aliphatic carbocycles. The molecule has 0 heterocycles. The van der Waals surface area contributed by atoms with Gasteiger partial charge in [0.25, 0.3) is 0 Å². The van der Waals surface area contributed by atoms with E-state index < -0.39 is 11.4 Å². The normalized spacial score (nSPS) is 19.7. The molecular formula is C14H26N2O3. The number of carbonyl (C=O) groups excluding carboxylic acids is 1. The third-order valence-corrected chi connectivity index (χ3v) is 4.11. The predicted octanol–water partition coefficient (Wildman–Crippen LogP) is 1.53. The summed E-state index contributed by atoms with van der Waals surface area (Å²) in [5, 5.41) is 15.3. The fourth-order valence-corrected chi connectivity index (χ4v) is 2.44. The van der Waals surface area contributed by atoms with Gasteiger partial charge in [0.2, 0.25) is 5.91 Å². The van der Waals surface area contributed by atoms with E-state index >= 15 is 0 Å². The third kappa shape index (κ3) is 4.82. The van der Waals surface area contributed by atoms with E-state index in [0.717, 1.165) is 25.7 Å². The largest absolute Gasteiger partial charge is 0.481 e. The minimum atomic E-state index is -0.776. The molecule has 0 aromatic rings. The molecule has 1 saturated carbocycles. The van der Waals surface area contributed by atoms with Gasteiger partial charge in [0, 0.05) is 12.6 Å². The van der Waals surface area contributed by atoms with Gasteiger partial charge in [-0.3, -0.25) is 9.59 Å². The number of aliphatic carboxylic acids is 1. The minimum absolute atomic E-state index is 0.119. The van der Waals surface area contributed by atoms with Gasteiger partial charge in [0.15, 0.2) is 0 Å². The van der Waals surface area contributed by atoms with Gasteiger partial charge in [-0.25, -0.2) is 0 Å². The molecule has 0 aromatic carbocycles. The molecule has 5 heteroatoms. The van der Waals surface area contributed by atoms with Crippen LogP contribution in [-0.2, 0) is 9.59 Å². The molecule has 1 aliphatic rings. The maximum absolute atomic E-state index is 11.7. The Kier molecular flexibility index (Phi) is 6.28. The van der Waals surface area contributed by atoms with Gasteiger partial charge >= 0.3 is 5.97 Å². The second kappa shape index (κ2) is 7.48. The molecule has 110 valence electrons. The predicted molar refractivity (Wildman–Crippen MR) is 73.9 cm³/mol. The van der Waals surface area contributed by atoms with E-state index in [9.17, 15) is 14.7 Å². The van der Waals surface area contributed by atoms with Gasteiger partial charge in [-0.05, 0) is 26.2 Å². The smallest absolute Gasteiger partial charge is 0.311 e. The summed E-state index contributed by atoms with van der Waals surface area (Å²) in [6, 6.07) is 0.300. The van der Waals surface area contributed by atoms with Crippen LogP contribution < -0.4 is 10.6 Å². The Morgan fingerprint density at radius 1 is 1.26 bits per heavy atom. The Morgan fingerprint density at radius 3 is 2.42 bits per heavy atom. The first kappa shape index (κ1) is 16.0. The number of rotatable bonds is 7. The SMILES string of the molecule is CCC(C)NCC(=O)NCC1(C(=O)O)CCCCC1. The maximum atomic E-state index is 11.7. The fourth-order valence-electron chi connectivity index (χ4n) is 2.44. The molecule has 19 heavy (non-hydrogen) atoms. The number of carboxylic acid groups (broad SMARTS) is 1. The maximum Gasteiger partial charge on any atom is 0.311 e. The summed E-state index contributed by atoms with van der Waals surface area (Å²) in [6.45, 7) is 4.58. The molecule has 1 rings (SSSR count). The summed E-state index contributed by atoms with van der Waals surface area (Å²) in [5.74, 6) is -0.895.